The van der Waals surface area contributed by atoms with Gasteiger partial charge in [-0.25, -0.2) is 4.79 Å². The van der Waals surface area contributed by atoms with Crippen LogP contribution in [0.3, 0.4) is 0 Å². The van der Waals surface area contributed by atoms with Crippen LogP contribution < -0.4 is 5.32 Å². The molecule has 6 heteroatoms. The number of carboxylic acids is 1. The Bertz CT molecular complexity index is 744. The lowest BCUT2D eigenvalue weighted by Gasteiger charge is -2.19. The fourth-order valence-electron chi connectivity index (χ4n) is 2.48. The van der Waals surface area contributed by atoms with Crippen LogP contribution in [-0.4, -0.2) is 19.8 Å². The number of carbonyl (C=O) groups is 1. The third kappa shape index (κ3) is 4.18. The highest BCUT2D eigenvalue weighted by molar-refractivity contribution is 7.78. The van der Waals surface area contributed by atoms with Gasteiger partial charge in [-0.2, -0.15) is 0 Å². The zero-order valence-electron chi connectivity index (χ0n) is 13.0. The van der Waals surface area contributed by atoms with Crippen LogP contribution in [0.1, 0.15) is 32.6 Å². The predicted molar refractivity (Wildman–Crippen MR) is 89.3 cm³/mol. The van der Waals surface area contributed by atoms with Gasteiger partial charge in [-0.05, 0) is 42.2 Å². The van der Waals surface area contributed by atoms with E-state index in [1.165, 1.54) is 6.07 Å². The van der Waals surface area contributed by atoms with E-state index >= 15 is 0 Å². The van der Waals surface area contributed by atoms with Crippen molar-refractivity contribution in [1.82, 2.24) is 0 Å². The molecule has 0 heterocycles. The van der Waals surface area contributed by atoms with Crippen molar-refractivity contribution in [3.8, 4) is 0 Å². The molecule has 0 aromatic heterocycles. The van der Waals surface area contributed by atoms with Gasteiger partial charge in [-0.1, -0.05) is 41.4 Å². The summed E-state index contributed by atoms with van der Waals surface area (Å²) in [7, 11) is 0. The summed E-state index contributed by atoms with van der Waals surface area (Å²) in [5, 5.41) is 12.5. The number of rotatable bonds is 6. The number of benzene rings is 2. The Balaban J connectivity index is 2.41. The summed E-state index contributed by atoms with van der Waals surface area (Å²) in [5.74, 6) is -1.28. The molecule has 0 saturated carbocycles. The normalized spacial score (nSPS) is 12.0. The van der Waals surface area contributed by atoms with Crippen LogP contribution in [0.15, 0.2) is 36.4 Å². The minimum atomic E-state index is -2.29. The van der Waals surface area contributed by atoms with Crippen molar-refractivity contribution in [2.75, 3.05) is 5.32 Å². The van der Waals surface area contributed by atoms with E-state index in [0.717, 1.165) is 11.1 Å². The zero-order valence-corrected chi connectivity index (χ0v) is 13.8. The van der Waals surface area contributed by atoms with Crippen LogP contribution in [0.5, 0.6) is 0 Å². The summed E-state index contributed by atoms with van der Waals surface area (Å²) in [5.41, 5.74) is 3.72. The molecule has 2 rings (SSSR count). The van der Waals surface area contributed by atoms with Crippen LogP contribution >= 0.6 is 0 Å². The molecule has 1 unspecified atom stereocenters. The van der Waals surface area contributed by atoms with Gasteiger partial charge in [-0.3, -0.25) is 4.21 Å². The Morgan fingerprint density at radius 2 is 1.87 bits per heavy atom. The van der Waals surface area contributed by atoms with E-state index in [1.807, 2.05) is 30.3 Å². The second kappa shape index (κ2) is 7.39. The van der Waals surface area contributed by atoms with Crippen molar-refractivity contribution < 1.29 is 18.7 Å². The zero-order chi connectivity index (χ0) is 17.0. The molecule has 0 aliphatic rings. The first-order valence-electron chi connectivity index (χ1n) is 7.10. The van der Waals surface area contributed by atoms with Crippen LogP contribution in [0.2, 0.25) is 0 Å². The molecule has 0 amide bonds. The lowest BCUT2D eigenvalue weighted by Crippen LogP contribution is -2.11. The maximum Gasteiger partial charge on any atom is 0.335 e. The highest BCUT2D eigenvalue weighted by Gasteiger charge is 2.16. The number of aromatic carboxylic acids is 1. The molecule has 0 fully saturated rings. The summed E-state index contributed by atoms with van der Waals surface area (Å²) < 4.78 is 22.2. The summed E-state index contributed by atoms with van der Waals surface area (Å²) in [6.45, 7) is 4.06. The maximum atomic E-state index is 11.3. The van der Waals surface area contributed by atoms with E-state index in [4.69, 9.17) is 0 Å². The third-order valence-corrected chi connectivity index (χ3v) is 4.34. The molecule has 2 N–H and O–H groups in total. The molecule has 5 nitrogen and oxygen atoms in total. The molecular formula is C17H18NO4S-. The number of carboxylic acid groups (broad SMARTS) is 1. The summed E-state index contributed by atoms with van der Waals surface area (Å²) in [4.78, 5) is 11.3. The average molecular weight is 332 g/mol. The Hall–Kier alpha value is -2.18. The molecule has 2 aromatic carbocycles. The van der Waals surface area contributed by atoms with Crippen LogP contribution in [0, 0.1) is 13.8 Å². The molecule has 2 aromatic rings. The molecular weight excluding hydrogens is 314 g/mol. The summed E-state index contributed by atoms with van der Waals surface area (Å²) in [6, 6.07) is 11.1. The van der Waals surface area contributed by atoms with Crippen molar-refractivity contribution in [3.63, 3.8) is 0 Å². The minimum Gasteiger partial charge on any atom is -0.772 e. The van der Waals surface area contributed by atoms with Gasteiger partial charge in [-0.15, -0.1) is 0 Å². The summed E-state index contributed by atoms with van der Waals surface area (Å²) >= 11 is -2.29. The van der Waals surface area contributed by atoms with E-state index in [0.29, 0.717) is 23.4 Å². The molecule has 0 spiro atoms. The number of hydrogen-bond acceptors (Lipinski definition) is 4. The second-order valence-electron chi connectivity index (χ2n) is 5.30. The molecule has 0 bridgehead atoms. The van der Waals surface area contributed by atoms with Gasteiger partial charge in [0, 0.05) is 18.0 Å². The van der Waals surface area contributed by atoms with Crippen LogP contribution in [0.25, 0.3) is 0 Å². The number of anilines is 1. The highest BCUT2D eigenvalue weighted by atomic mass is 32.2. The first kappa shape index (κ1) is 17.2. The standard InChI is InChI=1S/C17H19NO4S/c1-11-12(2)16(18-9-13-6-4-3-5-7-13)14(10-23(21)22)8-15(11)17(19)20/h3-8,18H,9-10H2,1-2H3,(H,19,20)(H,21,22)/p-1. The van der Waals surface area contributed by atoms with E-state index in [9.17, 15) is 18.7 Å². The monoisotopic (exact) mass is 332 g/mol. The van der Waals surface area contributed by atoms with Crippen molar-refractivity contribution in [3.05, 3.63) is 64.2 Å². The molecule has 1 atom stereocenters. The quantitative estimate of drug-likeness (QED) is 0.794. The van der Waals surface area contributed by atoms with Gasteiger partial charge in [0.2, 0.25) is 0 Å². The molecule has 0 aliphatic carbocycles. The minimum absolute atomic E-state index is 0.133. The molecule has 23 heavy (non-hydrogen) atoms. The third-order valence-electron chi connectivity index (χ3n) is 3.80. The van der Waals surface area contributed by atoms with Crippen LogP contribution in [0.4, 0.5) is 5.69 Å². The van der Waals surface area contributed by atoms with Crippen molar-refractivity contribution in [1.29, 1.82) is 0 Å². The Morgan fingerprint density at radius 1 is 1.22 bits per heavy atom. The fraction of sp³-hybridized carbons (Fsp3) is 0.235. The van der Waals surface area contributed by atoms with E-state index < -0.39 is 17.0 Å². The summed E-state index contributed by atoms with van der Waals surface area (Å²) in [6.07, 6.45) is 0. The first-order chi connectivity index (χ1) is 10.9. The van der Waals surface area contributed by atoms with Gasteiger partial charge < -0.3 is 15.0 Å². The van der Waals surface area contributed by atoms with Crippen LogP contribution in [-0.2, 0) is 23.4 Å². The Kier molecular flexibility index (Phi) is 5.52. The van der Waals surface area contributed by atoms with Crippen molar-refractivity contribution in [2.45, 2.75) is 26.1 Å². The topological polar surface area (TPSA) is 89.5 Å². The fourth-order valence-corrected chi connectivity index (χ4v) is 2.96. The smallest absolute Gasteiger partial charge is 0.335 e. The van der Waals surface area contributed by atoms with E-state index in [1.54, 1.807) is 13.8 Å². The van der Waals surface area contributed by atoms with E-state index in [-0.39, 0.29) is 11.3 Å². The predicted octanol–water partition coefficient (Wildman–Crippen LogP) is 2.99. The Labute approximate surface area is 137 Å². The number of hydrogen-bond donors (Lipinski definition) is 2. The van der Waals surface area contributed by atoms with Crippen molar-refractivity contribution >= 4 is 22.7 Å². The molecule has 0 aliphatic heterocycles. The Morgan fingerprint density at radius 3 is 2.43 bits per heavy atom. The SMILES string of the molecule is Cc1c(C(=O)O)cc(CS(=O)[O-])c(NCc2ccccc2)c1C. The van der Waals surface area contributed by atoms with Gasteiger partial charge in [0.15, 0.2) is 0 Å². The van der Waals surface area contributed by atoms with Gasteiger partial charge in [0.05, 0.1) is 5.56 Å². The molecule has 122 valence electrons. The van der Waals surface area contributed by atoms with Gasteiger partial charge in [0.1, 0.15) is 0 Å². The van der Waals surface area contributed by atoms with Gasteiger partial charge >= 0.3 is 5.97 Å². The van der Waals surface area contributed by atoms with Crippen molar-refractivity contribution in [2.24, 2.45) is 0 Å². The molecule has 0 saturated heterocycles. The second-order valence-corrected chi connectivity index (χ2v) is 6.20. The molecule has 0 radical (unpaired) electrons. The largest absolute Gasteiger partial charge is 0.772 e. The lowest BCUT2D eigenvalue weighted by atomic mass is 9.97. The lowest BCUT2D eigenvalue weighted by molar-refractivity contribution is 0.0696. The first-order valence-corrected chi connectivity index (χ1v) is 8.34. The van der Waals surface area contributed by atoms with Gasteiger partial charge in [0.25, 0.3) is 0 Å². The maximum absolute atomic E-state index is 11.3. The number of nitrogens with one attached hydrogen (secondary N) is 1. The average Bonchev–Trinajstić information content (AvgIpc) is 2.50. The highest BCUT2D eigenvalue weighted by Crippen LogP contribution is 2.29. The van der Waals surface area contributed by atoms with E-state index in [2.05, 4.69) is 5.32 Å².